The fourth-order valence-electron chi connectivity index (χ4n) is 3.36. The van der Waals surface area contributed by atoms with Gasteiger partial charge in [-0.05, 0) is 36.4 Å². The topological polar surface area (TPSA) is 60.0 Å². The molecule has 0 saturated heterocycles. The van der Waals surface area contributed by atoms with Crippen LogP contribution in [0.3, 0.4) is 0 Å². The molecule has 0 spiro atoms. The molecule has 2 bridgehead atoms. The number of H-pyrrole nitrogens is 1. The predicted molar refractivity (Wildman–Crippen MR) is 110 cm³/mol. The lowest BCUT2D eigenvalue weighted by Crippen LogP contribution is -2.06. The Morgan fingerprint density at radius 1 is 0.857 bits per heavy atom. The van der Waals surface area contributed by atoms with Crippen molar-refractivity contribution < 1.29 is 9.47 Å². The van der Waals surface area contributed by atoms with E-state index in [0.29, 0.717) is 13.2 Å². The minimum atomic E-state index is 0.578. The van der Waals surface area contributed by atoms with Gasteiger partial charge in [-0.15, -0.1) is 0 Å². The van der Waals surface area contributed by atoms with Gasteiger partial charge in [0.1, 0.15) is 11.5 Å². The molecule has 0 atom stereocenters. The maximum Gasteiger partial charge on any atom is 0.128 e. The average molecular weight is 369 g/mol. The van der Waals surface area contributed by atoms with E-state index in [1.807, 2.05) is 66.9 Å². The van der Waals surface area contributed by atoms with Crippen molar-refractivity contribution in [3.63, 3.8) is 0 Å². The molecule has 1 N–H and O–H groups in total. The summed E-state index contributed by atoms with van der Waals surface area (Å²) in [5, 5.41) is 8.53. The Morgan fingerprint density at radius 2 is 1.64 bits per heavy atom. The molecule has 5 heteroatoms. The number of rotatable bonds is 0. The number of hydrogen-bond acceptors (Lipinski definition) is 4. The number of nitrogens with zero attached hydrogens (tertiary/aromatic N) is 2. The number of pyridine rings is 1. The average Bonchev–Trinajstić information content (AvgIpc) is 3.14. The van der Waals surface area contributed by atoms with Crippen LogP contribution in [0.15, 0.2) is 60.8 Å². The number of para-hydroxylation sites is 2. The lowest BCUT2D eigenvalue weighted by Gasteiger charge is -2.12. The summed E-state index contributed by atoms with van der Waals surface area (Å²) in [6, 6.07) is 18.1. The number of aromatic nitrogens is 3. The Hall–Kier alpha value is -3.60. The number of hydrogen-bond donors (Lipinski definition) is 1. The zero-order chi connectivity index (χ0) is 18.8. The first-order valence-corrected chi connectivity index (χ1v) is 9.35. The van der Waals surface area contributed by atoms with Gasteiger partial charge in [-0.25, -0.2) is 0 Å². The molecule has 2 aromatic carbocycles. The molecule has 0 radical (unpaired) electrons. The highest BCUT2D eigenvalue weighted by molar-refractivity contribution is 5.91. The monoisotopic (exact) mass is 369 g/mol. The molecular weight excluding hydrogens is 350 g/mol. The van der Waals surface area contributed by atoms with Gasteiger partial charge in [-0.1, -0.05) is 30.3 Å². The van der Waals surface area contributed by atoms with E-state index in [9.17, 15) is 0 Å². The Labute approximate surface area is 162 Å². The molecule has 138 valence electrons. The molecule has 1 aliphatic heterocycles. The van der Waals surface area contributed by atoms with E-state index in [1.54, 1.807) is 0 Å². The van der Waals surface area contributed by atoms with E-state index in [2.05, 4.69) is 21.2 Å². The van der Waals surface area contributed by atoms with Crippen molar-refractivity contribution in [3.05, 3.63) is 72.1 Å². The van der Waals surface area contributed by atoms with Crippen LogP contribution in [0, 0.1) is 0 Å². The molecule has 1 aliphatic rings. The van der Waals surface area contributed by atoms with Gasteiger partial charge in [0.2, 0.25) is 0 Å². The number of ether oxygens (including phenoxy) is 2. The number of aromatic amines is 1. The largest absolute Gasteiger partial charge is 0.493 e. The minimum Gasteiger partial charge on any atom is -0.493 e. The second-order valence-corrected chi connectivity index (χ2v) is 6.64. The molecule has 0 fully saturated rings. The first-order valence-electron chi connectivity index (χ1n) is 9.35. The summed E-state index contributed by atoms with van der Waals surface area (Å²) in [4.78, 5) is 4.61. The molecule has 5 rings (SSSR count). The van der Waals surface area contributed by atoms with Crippen LogP contribution < -0.4 is 9.47 Å². The van der Waals surface area contributed by atoms with E-state index in [4.69, 9.17) is 9.47 Å². The first kappa shape index (κ1) is 16.6. The Kier molecular flexibility index (Phi) is 4.26. The molecule has 0 unspecified atom stereocenters. The van der Waals surface area contributed by atoms with E-state index >= 15 is 0 Å². The SMILES string of the molecule is C1=C/c2n[nH]c3cnc(cc23)-c2ccccc2OCCCOc2ccccc2/1. The van der Waals surface area contributed by atoms with Crippen molar-refractivity contribution in [1.82, 2.24) is 15.2 Å². The van der Waals surface area contributed by atoms with Crippen LogP contribution in [0.2, 0.25) is 0 Å². The molecule has 28 heavy (non-hydrogen) atoms. The zero-order valence-corrected chi connectivity index (χ0v) is 15.3. The highest BCUT2D eigenvalue weighted by atomic mass is 16.5. The van der Waals surface area contributed by atoms with Crippen molar-refractivity contribution in [2.45, 2.75) is 6.42 Å². The van der Waals surface area contributed by atoms with Crippen molar-refractivity contribution >= 4 is 23.1 Å². The summed E-state index contributed by atoms with van der Waals surface area (Å²) in [5.41, 5.74) is 4.62. The van der Waals surface area contributed by atoms with Gasteiger partial charge >= 0.3 is 0 Å². The third-order valence-electron chi connectivity index (χ3n) is 4.78. The summed E-state index contributed by atoms with van der Waals surface area (Å²) in [6.45, 7) is 1.17. The van der Waals surface area contributed by atoms with Crippen LogP contribution in [0.5, 0.6) is 11.5 Å². The summed E-state index contributed by atoms with van der Waals surface area (Å²) in [5.74, 6) is 1.68. The maximum absolute atomic E-state index is 6.04. The van der Waals surface area contributed by atoms with Crippen LogP contribution in [0.4, 0.5) is 0 Å². The molecule has 0 amide bonds. The van der Waals surface area contributed by atoms with Crippen LogP contribution in [0.25, 0.3) is 34.3 Å². The molecule has 3 heterocycles. The summed E-state index contributed by atoms with van der Waals surface area (Å²) >= 11 is 0. The van der Waals surface area contributed by atoms with Crippen LogP contribution in [-0.4, -0.2) is 28.4 Å². The molecule has 5 nitrogen and oxygen atoms in total. The molecule has 4 aromatic rings. The molecule has 0 saturated carbocycles. The van der Waals surface area contributed by atoms with Crippen molar-refractivity contribution in [3.8, 4) is 22.8 Å². The van der Waals surface area contributed by atoms with Crippen molar-refractivity contribution in [2.24, 2.45) is 0 Å². The maximum atomic E-state index is 6.04. The Balaban J connectivity index is 1.66. The van der Waals surface area contributed by atoms with E-state index in [0.717, 1.165) is 51.3 Å². The number of fused-ring (bicyclic) bond motifs is 4. The van der Waals surface area contributed by atoms with Crippen LogP contribution in [-0.2, 0) is 0 Å². The summed E-state index contributed by atoms with van der Waals surface area (Å²) in [6.07, 6.45) is 6.66. The highest BCUT2D eigenvalue weighted by Gasteiger charge is 2.12. The third kappa shape index (κ3) is 3.11. The predicted octanol–water partition coefficient (Wildman–Crippen LogP) is 4.96. The van der Waals surface area contributed by atoms with Crippen molar-refractivity contribution in [1.29, 1.82) is 0 Å². The Bertz CT molecular complexity index is 1160. The van der Waals surface area contributed by atoms with Gasteiger partial charge in [0, 0.05) is 22.9 Å². The summed E-state index contributed by atoms with van der Waals surface area (Å²) in [7, 11) is 0. The normalized spacial score (nSPS) is 14.9. The van der Waals surface area contributed by atoms with Crippen LogP contribution >= 0.6 is 0 Å². The second-order valence-electron chi connectivity index (χ2n) is 6.64. The number of benzene rings is 2. The number of nitrogens with one attached hydrogen (secondary N) is 1. The van der Waals surface area contributed by atoms with Gasteiger partial charge < -0.3 is 9.47 Å². The fourth-order valence-corrected chi connectivity index (χ4v) is 3.36. The molecular formula is C23H19N3O2. The van der Waals surface area contributed by atoms with Gasteiger partial charge in [-0.3, -0.25) is 10.1 Å². The first-order chi connectivity index (χ1) is 13.9. The standard InChI is InChI=1S/C23H19N3O2/c1-3-8-22-16(6-1)10-11-19-18-14-20(24-15-21(18)26-25-19)17-7-2-4-9-23(17)28-13-5-12-27-22/h1-4,6-11,14-15H,5,12-13H2,(H,25,26)/b11-10+. The highest BCUT2D eigenvalue weighted by Crippen LogP contribution is 2.31. The quantitative estimate of drug-likeness (QED) is 0.476. The zero-order valence-electron chi connectivity index (χ0n) is 15.3. The fraction of sp³-hybridized carbons (Fsp3) is 0.130. The van der Waals surface area contributed by atoms with Crippen molar-refractivity contribution in [2.75, 3.05) is 13.2 Å². The second kappa shape index (κ2) is 7.19. The lowest BCUT2D eigenvalue weighted by atomic mass is 10.1. The van der Waals surface area contributed by atoms with E-state index in [1.165, 1.54) is 0 Å². The van der Waals surface area contributed by atoms with Gasteiger partial charge in [0.15, 0.2) is 0 Å². The van der Waals surface area contributed by atoms with Crippen LogP contribution in [0.1, 0.15) is 17.7 Å². The smallest absolute Gasteiger partial charge is 0.128 e. The molecule has 0 aliphatic carbocycles. The summed E-state index contributed by atoms with van der Waals surface area (Å²) < 4.78 is 12.0. The minimum absolute atomic E-state index is 0.578. The van der Waals surface area contributed by atoms with Gasteiger partial charge in [-0.2, -0.15) is 5.10 Å². The lowest BCUT2D eigenvalue weighted by molar-refractivity contribution is 0.247. The van der Waals surface area contributed by atoms with E-state index < -0.39 is 0 Å². The van der Waals surface area contributed by atoms with Gasteiger partial charge in [0.25, 0.3) is 0 Å². The molecule has 2 aromatic heterocycles. The Morgan fingerprint density at radius 3 is 2.57 bits per heavy atom. The van der Waals surface area contributed by atoms with Gasteiger partial charge in [0.05, 0.1) is 36.3 Å². The van der Waals surface area contributed by atoms with E-state index in [-0.39, 0.29) is 0 Å². The third-order valence-corrected chi connectivity index (χ3v) is 4.78.